The average Bonchev–Trinajstić information content (AvgIpc) is 3.25. The van der Waals surface area contributed by atoms with Gasteiger partial charge in [-0.25, -0.2) is 13.1 Å². The Morgan fingerprint density at radius 2 is 1.81 bits per heavy atom. The molecule has 0 atom stereocenters. The lowest BCUT2D eigenvalue weighted by Crippen LogP contribution is -2.32. The topological polar surface area (TPSA) is 58.2 Å². The van der Waals surface area contributed by atoms with Crippen molar-refractivity contribution in [2.45, 2.75) is 45.1 Å². The fourth-order valence-electron chi connectivity index (χ4n) is 2.50. The number of rotatable bonds is 8. The van der Waals surface area contributed by atoms with Crippen molar-refractivity contribution < 1.29 is 8.42 Å². The summed E-state index contributed by atoms with van der Waals surface area (Å²) in [6.07, 6.45) is 2.24. The summed E-state index contributed by atoms with van der Waals surface area (Å²) >= 11 is 0. The number of sulfonamides is 1. The standard InChI is InChI=1S/C16H26N2O2S/c1-4-17-11-14-5-7-15(8-6-14)21(19,20)18-12-16(9-10-16)13(2)3/h5-8,13,17-18H,4,9-12H2,1-3H3. The zero-order valence-electron chi connectivity index (χ0n) is 13.1. The second-order valence-corrected chi connectivity index (χ2v) is 8.03. The van der Waals surface area contributed by atoms with Gasteiger partial charge in [-0.3, -0.25) is 0 Å². The van der Waals surface area contributed by atoms with Crippen LogP contribution >= 0.6 is 0 Å². The third kappa shape index (κ3) is 4.05. The van der Waals surface area contributed by atoms with Crippen molar-refractivity contribution in [3.63, 3.8) is 0 Å². The molecule has 0 bridgehead atoms. The number of hydrogen-bond donors (Lipinski definition) is 2. The second-order valence-electron chi connectivity index (χ2n) is 6.27. The summed E-state index contributed by atoms with van der Waals surface area (Å²) in [5, 5.41) is 3.22. The molecule has 1 aromatic rings. The van der Waals surface area contributed by atoms with Crippen LogP contribution in [0.2, 0.25) is 0 Å². The molecule has 118 valence electrons. The van der Waals surface area contributed by atoms with E-state index in [1.807, 2.05) is 19.1 Å². The minimum atomic E-state index is -3.39. The molecule has 0 saturated heterocycles. The van der Waals surface area contributed by atoms with E-state index in [1.165, 1.54) is 0 Å². The summed E-state index contributed by atoms with van der Waals surface area (Å²) in [5.74, 6) is 0.516. The Kier molecular flexibility index (Phi) is 5.07. The lowest BCUT2D eigenvalue weighted by atomic mass is 9.93. The van der Waals surface area contributed by atoms with Crippen LogP contribution in [0.5, 0.6) is 0 Å². The molecule has 1 fully saturated rings. The second kappa shape index (κ2) is 6.46. The quantitative estimate of drug-likeness (QED) is 0.775. The Balaban J connectivity index is 1.99. The molecule has 1 aromatic carbocycles. The molecular formula is C16H26N2O2S. The SMILES string of the molecule is CCNCc1ccc(S(=O)(=O)NCC2(C(C)C)CC2)cc1. The van der Waals surface area contributed by atoms with Crippen LogP contribution in [0.1, 0.15) is 39.2 Å². The van der Waals surface area contributed by atoms with Crippen LogP contribution in [0.15, 0.2) is 29.2 Å². The van der Waals surface area contributed by atoms with Crippen LogP contribution in [0.3, 0.4) is 0 Å². The zero-order valence-corrected chi connectivity index (χ0v) is 14.0. The summed E-state index contributed by atoms with van der Waals surface area (Å²) in [6, 6.07) is 7.10. The van der Waals surface area contributed by atoms with Gasteiger partial charge in [0, 0.05) is 13.1 Å². The van der Waals surface area contributed by atoms with Crippen LogP contribution in [-0.2, 0) is 16.6 Å². The molecule has 4 nitrogen and oxygen atoms in total. The van der Waals surface area contributed by atoms with E-state index in [0.717, 1.165) is 31.5 Å². The molecule has 5 heteroatoms. The van der Waals surface area contributed by atoms with Gasteiger partial charge < -0.3 is 5.32 Å². The molecule has 0 amide bonds. The van der Waals surface area contributed by atoms with Crippen LogP contribution in [0, 0.1) is 11.3 Å². The van der Waals surface area contributed by atoms with Crippen molar-refractivity contribution in [1.29, 1.82) is 0 Å². The minimum Gasteiger partial charge on any atom is -0.313 e. The predicted molar refractivity (Wildman–Crippen MR) is 85.5 cm³/mol. The summed E-state index contributed by atoms with van der Waals surface area (Å²) in [5.41, 5.74) is 1.27. The molecule has 1 aliphatic carbocycles. The van der Waals surface area contributed by atoms with Gasteiger partial charge in [0.1, 0.15) is 0 Å². The molecule has 1 saturated carbocycles. The summed E-state index contributed by atoms with van der Waals surface area (Å²) in [4.78, 5) is 0.349. The summed E-state index contributed by atoms with van der Waals surface area (Å²) in [6.45, 7) is 8.59. The van der Waals surface area contributed by atoms with E-state index in [9.17, 15) is 8.42 Å². The van der Waals surface area contributed by atoms with Crippen molar-refractivity contribution in [3.8, 4) is 0 Å². The first-order valence-corrected chi connectivity index (χ1v) is 9.17. The van der Waals surface area contributed by atoms with Crippen molar-refractivity contribution >= 4 is 10.0 Å². The first-order chi connectivity index (χ1) is 9.89. The van der Waals surface area contributed by atoms with E-state index in [1.54, 1.807) is 12.1 Å². The largest absolute Gasteiger partial charge is 0.313 e. The van der Waals surface area contributed by atoms with Gasteiger partial charge in [-0.05, 0) is 48.4 Å². The maximum absolute atomic E-state index is 12.3. The van der Waals surface area contributed by atoms with Gasteiger partial charge in [0.05, 0.1) is 4.90 Å². The van der Waals surface area contributed by atoms with Gasteiger partial charge in [0.25, 0.3) is 0 Å². The third-order valence-corrected chi connectivity index (χ3v) is 5.96. The Morgan fingerprint density at radius 1 is 1.19 bits per heavy atom. The number of nitrogens with one attached hydrogen (secondary N) is 2. The smallest absolute Gasteiger partial charge is 0.240 e. The Hall–Kier alpha value is -0.910. The van der Waals surface area contributed by atoms with Crippen molar-refractivity contribution in [1.82, 2.24) is 10.0 Å². The lowest BCUT2D eigenvalue weighted by Gasteiger charge is -2.20. The van der Waals surface area contributed by atoms with E-state index in [4.69, 9.17) is 0 Å². The Bertz CT molecular complexity index is 560. The van der Waals surface area contributed by atoms with E-state index >= 15 is 0 Å². The molecule has 0 heterocycles. The Labute approximate surface area is 128 Å². The van der Waals surface area contributed by atoms with Crippen LogP contribution in [0.25, 0.3) is 0 Å². The molecule has 2 N–H and O–H groups in total. The third-order valence-electron chi connectivity index (χ3n) is 4.54. The highest BCUT2D eigenvalue weighted by Gasteiger charge is 2.45. The van der Waals surface area contributed by atoms with Crippen molar-refractivity contribution in [3.05, 3.63) is 29.8 Å². The highest BCUT2D eigenvalue weighted by atomic mass is 32.2. The minimum absolute atomic E-state index is 0.179. The first kappa shape index (κ1) is 16.5. The normalized spacial score (nSPS) is 17.1. The summed E-state index contributed by atoms with van der Waals surface area (Å²) in [7, 11) is -3.39. The van der Waals surface area contributed by atoms with Gasteiger partial charge in [-0.1, -0.05) is 32.9 Å². The molecule has 1 aliphatic rings. The Morgan fingerprint density at radius 3 is 2.29 bits per heavy atom. The molecule has 0 aliphatic heterocycles. The highest BCUT2D eigenvalue weighted by molar-refractivity contribution is 7.89. The maximum Gasteiger partial charge on any atom is 0.240 e. The monoisotopic (exact) mass is 310 g/mol. The van der Waals surface area contributed by atoms with Crippen molar-refractivity contribution in [2.75, 3.05) is 13.1 Å². The molecule has 0 spiro atoms. The predicted octanol–water partition coefficient (Wildman–Crippen LogP) is 2.51. The molecule has 0 radical (unpaired) electrons. The molecule has 0 aromatic heterocycles. The lowest BCUT2D eigenvalue weighted by molar-refractivity contribution is 0.357. The zero-order chi connectivity index (χ0) is 15.5. The molecule has 0 unspecified atom stereocenters. The molecule has 2 rings (SSSR count). The highest BCUT2D eigenvalue weighted by Crippen LogP contribution is 2.51. The summed E-state index contributed by atoms with van der Waals surface area (Å²) < 4.78 is 27.4. The fraction of sp³-hybridized carbons (Fsp3) is 0.625. The van der Waals surface area contributed by atoms with E-state index in [-0.39, 0.29) is 5.41 Å². The van der Waals surface area contributed by atoms with Gasteiger partial charge in [-0.15, -0.1) is 0 Å². The first-order valence-electron chi connectivity index (χ1n) is 7.69. The van der Waals surface area contributed by atoms with Gasteiger partial charge in [0.15, 0.2) is 0 Å². The fourth-order valence-corrected chi connectivity index (χ4v) is 3.64. The van der Waals surface area contributed by atoms with Crippen LogP contribution < -0.4 is 10.0 Å². The van der Waals surface area contributed by atoms with Crippen LogP contribution in [-0.4, -0.2) is 21.5 Å². The van der Waals surface area contributed by atoms with E-state index in [0.29, 0.717) is 17.4 Å². The van der Waals surface area contributed by atoms with Crippen LogP contribution in [0.4, 0.5) is 0 Å². The van der Waals surface area contributed by atoms with Gasteiger partial charge in [-0.2, -0.15) is 0 Å². The average molecular weight is 310 g/mol. The van der Waals surface area contributed by atoms with Crippen molar-refractivity contribution in [2.24, 2.45) is 11.3 Å². The van der Waals surface area contributed by atoms with E-state index < -0.39 is 10.0 Å². The van der Waals surface area contributed by atoms with Gasteiger partial charge in [0.2, 0.25) is 10.0 Å². The molecular weight excluding hydrogens is 284 g/mol. The van der Waals surface area contributed by atoms with Gasteiger partial charge >= 0.3 is 0 Å². The van der Waals surface area contributed by atoms with E-state index in [2.05, 4.69) is 23.9 Å². The molecule has 21 heavy (non-hydrogen) atoms. The number of benzene rings is 1. The number of hydrogen-bond acceptors (Lipinski definition) is 3. The maximum atomic E-state index is 12.3.